The highest BCUT2D eigenvalue weighted by Gasteiger charge is 2.16. The van der Waals surface area contributed by atoms with Gasteiger partial charge in [0.05, 0.1) is 0 Å². The van der Waals surface area contributed by atoms with Gasteiger partial charge in [0.25, 0.3) is 0 Å². The van der Waals surface area contributed by atoms with Gasteiger partial charge in [-0.3, -0.25) is 0 Å². The molecule has 0 aliphatic rings. The van der Waals surface area contributed by atoms with E-state index in [0.29, 0.717) is 19.0 Å². The summed E-state index contributed by atoms with van der Waals surface area (Å²) in [5.74, 6) is 0.710. The molecule has 0 aliphatic carbocycles. The summed E-state index contributed by atoms with van der Waals surface area (Å²) in [7, 11) is 0. The average molecular weight is 299 g/mol. The highest BCUT2D eigenvalue weighted by atomic mass is 79.9. The van der Waals surface area contributed by atoms with Gasteiger partial charge in [0.1, 0.15) is 5.58 Å². The third kappa shape index (κ3) is 2.89. The Morgan fingerprint density at radius 1 is 1.18 bits per heavy atom. The Kier molecular flexibility index (Phi) is 4.20. The number of fused-ring (bicyclic) bond motifs is 1. The molecule has 0 aliphatic heterocycles. The van der Waals surface area contributed by atoms with Crippen LogP contribution in [0.1, 0.15) is 25.9 Å². The average Bonchev–Trinajstić information content (AvgIpc) is 2.71. The SMILES string of the molecule is CCOC(OCC)c1cc2cc(Br)ccc2o1. The first-order valence-electron chi connectivity index (χ1n) is 5.66. The Hall–Kier alpha value is -0.840. The smallest absolute Gasteiger partial charge is 0.217 e. The summed E-state index contributed by atoms with van der Waals surface area (Å²) in [4.78, 5) is 0. The van der Waals surface area contributed by atoms with Crippen molar-refractivity contribution in [1.29, 1.82) is 0 Å². The normalized spacial score (nSPS) is 11.5. The number of rotatable bonds is 5. The molecule has 0 bridgehead atoms. The van der Waals surface area contributed by atoms with Gasteiger partial charge < -0.3 is 13.9 Å². The van der Waals surface area contributed by atoms with Crippen LogP contribution in [-0.4, -0.2) is 13.2 Å². The molecular formula is C13H15BrO3. The van der Waals surface area contributed by atoms with Crippen LogP contribution in [0.4, 0.5) is 0 Å². The lowest BCUT2D eigenvalue weighted by Gasteiger charge is -2.13. The van der Waals surface area contributed by atoms with Crippen molar-refractivity contribution in [2.45, 2.75) is 20.1 Å². The fourth-order valence-electron chi connectivity index (χ4n) is 1.67. The van der Waals surface area contributed by atoms with Gasteiger partial charge in [0, 0.05) is 23.1 Å². The maximum atomic E-state index is 5.72. The molecule has 4 heteroatoms. The van der Waals surface area contributed by atoms with Crippen LogP contribution >= 0.6 is 15.9 Å². The fraction of sp³-hybridized carbons (Fsp3) is 0.385. The molecule has 0 amide bonds. The van der Waals surface area contributed by atoms with E-state index in [1.807, 2.05) is 38.1 Å². The van der Waals surface area contributed by atoms with Crippen molar-refractivity contribution in [3.05, 3.63) is 34.5 Å². The van der Waals surface area contributed by atoms with Gasteiger partial charge in [0.15, 0.2) is 5.76 Å². The molecule has 0 radical (unpaired) electrons. The van der Waals surface area contributed by atoms with Crippen LogP contribution in [0.2, 0.25) is 0 Å². The second-order valence-electron chi connectivity index (χ2n) is 3.57. The molecule has 1 aromatic heterocycles. The van der Waals surface area contributed by atoms with Crippen LogP contribution < -0.4 is 0 Å². The molecule has 0 saturated heterocycles. The lowest BCUT2D eigenvalue weighted by atomic mass is 10.2. The maximum Gasteiger partial charge on any atom is 0.217 e. The summed E-state index contributed by atoms with van der Waals surface area (Å²) in [5.41, 5.74) is 0.840. The van der Waals surface area contributed by atoms with Crippen LogP contribution in [-0.2, 0) is 9.47 Å². The Labute approximate surface area is 109 Å². The van der Waals surface area contributed by atoms with Gasteiger partial charge in [-0.1, -0.05) is 15.9 Å². The molecule has 0 fully saturated rings. The molecule has 2 aromatic rings. The van der Waals surface area contributed by atoms with E-state index in [4.69, 9.17) is 13.9 Å². The summed E-state index contributed by atoms with van der Waals surface area (Å²) < 4.78 is 17.7. The van der Waals surface area contributed by atoms with E-state index in [2.05, 4.69) is 15.9 Å². The highest BCUT2D eigenvalue weighted by Crippen LogP contribution is 2.28. The minimum atomic E-state index is -0.420. The third-order valence-electron chi connectivity index (χ3n) is 2.37. The highest BCUT2D eigenvalue weighted by molar-refractivity contribution is 9.10. The summed E-state index contributed by atoms with van der Waals surface area (Å²) in [6.07, 6.45) is -0.420. The molecule has 1 aromatic carbocycles. The van der Waals surface area contributed by atoms with Crippen molar-refractivity contribution in [3.63, 3.8) is 0 Å². The molecule has 0 saturated carbocycles. The van der Waals surface area contributed by atoms with Crippen molar-refractivity contribution >= 4 is 26.9 Å². The molecule has 92 valence electrons. The quantitative estimate of drug-likeness (QED) is 0.773. The Bertz CT molecular complexity index is 486. The monoisotopic (exact) mass is 298 g/mol. The summed E-state index contributed by atoms with van der Waals surface area (Å²) in [5, 5.41) is 1.04. The lowest BCUT2D eigenvalue weighted by molar-refractivity contribution is -0.150. The number of halogens is 1. The van der Waals surface area contributed by atoms with Gasteiger partial charge in [-0.15, -0.1) is 0 Å². The van der Waals surface area contributed by atoms with Gasteiger partial charge >= 0.3 is 0 Å². The number of hydrogen-bond donors (Lipinski definition) is 0. The zero-order chi connectivity index (χ0) is 12.3. The molecular weight excluding hydrogens is 284 g/mol. The van der Waals surface area contributed by atoms with E-state index in [1.54, 1.807) is 0 Å². The second kappa shape index (κ2) is 5.67. The molecule has 0 N–H and O–H groups in total. The van der Waals surface area contributed by atoms with Crippen molar-refractivity contribution in [1.82, 2.24) is 0 Å². The summed E-state index contributed by atoms with van der Waals surface area (Å²) in [6.45, 7) is 5.05. The van der Waals surface area contributed by atoms with Crippen molar-refractivity contribution in [3.8, 4) is 0 Å². The maximum absolute atomic E-state index is 5.72. The largest absolute Gasteiger partial charge is 0.456 e. The zero-order valence-electron chi connectivity index (χ0n) is 9.90. The Balaban J connectivity index is 2.33. The first-order valence-corrected chi connectivity index (χ1v) is 6.46. The van der Waals surface area contributed by atoms with Crippen LogP contribution in [0.5, 0.6) is 0 Å². The molecule has 3 nitrogen and oxygen atoms in total. The standard InChI is InChI=1S/C13H15BrO3/c1-3-15-13(16-4-2)12-8-9-7-10(14)5-6-11(9)17-12/h5-8,13H,3-4H2,1-2H3. The van der Waals surface area contributed by atoms with Gasteiger partial charge in [-0.25, -0.2) is 0 Å². The predicted octanol–water partition coefficient (Wildman–Crippen LogP) is 4.27. The molecule has 0 atom stereocenters. The number of benzene rings is 1. The number of ether oxygens (including phenoxy) is 2. The van der Waals surface area contributed by atoms with Crippen LogP contribution in [0.3, 0.4) is 0 Å². The van der Waals surface area contributed by atoms with Crippen LogP contribution in [0.15, 0.2) is 33.2 Å². The predicted molar refractivity (Wildman–Crippen MR) is 69.9 cm³/mol. The summed E-state index contributed by atoms with van der Waals surface area (Å²) in [6, 6.07) is 7.84. The third-order valence-corrected chi connectivity index (χ3v) is 2.86. The minimum absolute atomic E-state index is 0.420. The van der Waals surface area contributed by atoms with Gasteiger partial charge in [0.2, 0.25) is 6.29 Å². The zero-order valence-corrected chi connectivity index (χ0v) is 11.5. The van der Waals surface area contributed by atoms with E-state index < -0.39 is 6.29 Å². The van der Waals surface area contributed by atoms with Gasteiger partial charge in [-0.2, -0.15) is 0 Å². The molecule has 2 rings (SSSR count). The van der Waals surface area contributed by atoms with E-state index in [-0.39, 0.29) is 0 Å². The minimum Gasteiger partial charge on any atom is -0.456 e. The number of furan rings is 1. The van der Waals surface area contributed by atoms with Crippen molar-refractivity contribution in [2.75, 3.05) is 13.2 Å². The van der Waals surface area contributed by atoms with E-state index in [0.717, 1.165) is 15.4 Å². The Morgan fingerprint density at radius 3 is 2.53 bits per heavy atom. The van der Waals surface area contributed by atoms with Crippen molar-refractivity contribution < 1.29 is 13.9 Å². The first-order chi connectivity index (χ1) is 8.24. The lowest BCUT2D eigenvalue weighted by Crippen LogP contribution is -2.07. The van der Waals surface area contributed by atoms with E-state index in [1.165, 1.54) is 0 Å². The first kappa shape index (κ1) is 12.6. The topological polar surface area (TPSA) is 31.6 Å². The van der Waals surface area contributed by atoms with Gasteiger partial charge in [-0.05, 0) is 38.1 Å². The fourth-order valence-corrected chi connectivity index (χ4v) is 2.04. The van der Waals surface area contributed by atoms with E-state index in [9.17, 15) is 0 Å². The molecule has 17 heavy (non-hydrogen) atoms. The molecule has 0 unspecified atom stereocenters. The molecule has 0 spiro atoms. The van der Waals surface area contributed by atoms with Crippen LogP contribution in [0.25, 0.3) is 11.0 Å². The number of hydrogen-bond acceptors (Lipinski definition) is 3. The summed E-state index contributed by atoms with van der Waals surface area (Å²) >= 11 is 3.44. The molecule has 1 heterocycles. The Morgan fingerprint density at radius 2 is 1.88 bits per heavy atom. The van der Waals surface area contributed by atoms with Crippen LogP contribution in [0, 0.1) is 0 Å². The van der Waals surface area contributed by atoms with Crippen molar-refractivity contribution in [2.24, 2.45) is 0 Å². The second-order valence-corrected chi connectivity index (χ2v) is 4.49. The van der Waals surface area contributed by atoms with E-state index >= 15 is 0 Å².